The number of nitro groups is 1. The molecule has 0 saturated heterocycles. The Morgan fingerprint density at radius 3 is 2.80 bits per heavy atom. The molecule has 0 fully saturated rings. The predicted octanol–water partition coefficient (Wildman–Crippen LogP) is 3.10. The van der Waals surface area contributed by atoms with Gasteiger partial charge in [0, 0.05) is 23.2 Å². The number of hydrogen-bond acceptors (Lipinski definition) is 5. The highest BCUT2D eigenvalue weighted by atomic mass is 35.5. The van der Waals surface area contributed by atoms with E-state index in [1.54, 1.807) is 19.1 Å². The van der Waals surface area contributed by atoms with E-state index in [9.17, 15) is 19.7 Å². The van der Waals surface area contributed by atoms with Gasteiger partial charge in [-0.3, -0.25) is 19.5 Å². The van der Waals surface area contributed by atoms with Gasteiger partial charge in [0.1, 0.15) is 6.54 Å². The first kappa shape index (κ1) is 16.7. The molecule has 9 heteroatoms. The highest BCUT2D eigenvalue weighted by Gasteiger charge is 2.15. The van der Waals surface area contributed by atoms with Crippen molar-refractivity contribution in [3.05, 3.63) is 67.6 Å². The highest BCUT2D eigenvalue weighted by molar-refractivity contribution is 6.31. The van der Waals surface area contributed by atoms with Crippen LogP contribution in [-0.4, -0.2) is 15.4 Å². The monoisotopic (exact) mass is 361 g/mol. The number of nitrogens with one attached hydrogen (secondary N) is 1. The molecule has 0 aliphatic carbocycles. The number of halogens is 1. The summed E-state index contributed by atoms with van der Waals surface area (Å²) in [4.78, 5) is 34.5. The maximum absolute atomic E-state index is 12.3. The van der Waals surface area contributed by atoms with Crippen LogP contribution in [0.1, 0.15) is 5.56 Å². The van der Waals surface area contributed by atoms with E-state index in [1.807, 2.05) is 0 Å². The lowest BCUT2D eigenvalue weighted by Crippen LogP contribution is -2.25. The Hall–Kier alpha value is -3.13. The van der Waals surface area contributed by atoms with Gasteiger partial charge in [-0.05, 0) is 24.6 Å². The number of carbonyl (C=O) groups excluding carboxylic acids is 1. The van der Waals surface area contributed by atoms with Gasteiger partial charge in [0.05, 0.1) is 16.1 Å². The first-order chi connectivity index (χ1) is 11.8. The number of rotatable bonds is 4. The quantitative estimate of drug-likeness (QED) is 0.567. The van der Waals surface area contributed by atoms with Gasteiger partial charge in [-0.2, -0.15) is 0 Å². The minimum atomic E-state index is -0.691. The van der Waals surface area contributed by atoms with Crippen molar-refractivity contribution in [2.24, 2.45) is 0 Å². The average Bonchev–Trinajstić information content (AvgIpc) is 2.84. The van der Waals surface area contributed by atoms with Gasteiger partial charge in [-0.25, -0.2) is 4.79 Å². The fourth-order valence-electron chi connectivity index (χ4n) is 2.38. The van der Waals surface area contributed by atoms with Crippen molar-refractivity contribution in [3.63, 3.8) is 0 Å². The molecule has 0 aliphatic heterocycles. The molecule has 0 atom stereocenters. The second-order valence-electron chi connectivity index (χ2n) is 5.37. The summed E-state index contributed by atoms with van der Waals surface area (Å²) in [6, 6.07) is 8.80. The van der Waals surface area contributed by atoms with Gasteiger partial charge in [-0.15, -0.1) is 0 Å². The van der Waals surface area contributed by atoms with Crippen molar-refractivity contribution in [2.45, 2.75) is 13.5 Å². The third kappa shape index (κ3) is 3.38. The Kier molecular flexibility index (Phi) is 4.28. The summed E-state index contributed by atoms with van der Waals surface area (Å²) >= 11 is 5.85. The maximum atomic E-state index is 12.3. The number of hydrogen-bond donors (Lipinski definition) is 1. The minimum Gasteiger partial charge on any atom is -0.408 e. The number of oxazole rings is 1. The maximum Gasteiger partial charge on any atom is 0.420 e. The van der Waals surface area contributed by atoms with E-state index in [4.69, 9.17) is 16.0 Å². The van der Waals surface area contributed by atoms with E-state index in [-0.39, 0.29) is 17.8 Å². The third-order valence-corrected chi connectivity index (χ3v) is 3.87. The fraction of sp³-hybridized carbons (Fsp3) is 0.125. The van der Waals surface area contributed by atoms with E-state index >= 15 is 0 Å². The highest BCUT2D eigenvalue weighted by Crippen LogP contribution is 2.22. The number of anilines is 1. The van der Waals surface area contributed by atoms with Gasteiger partial charge in [0.2, 0.25) is 5.91 Å². The van der Waals surface area contributed by atoms with Crippen LogP contribution in [0, 0.1) is 17.0 Å². The number of aryl methyl sites for hydroxylation is 1. The van der Waals surface area contributed by atoms with Crippen LogP contribution < -0.4 is 11.1 Å². The van der Waals surface area contributed by atoms with Gasteiger partial charge in [0.25, 0.3) is 5.69 Å². The molecule has 3 rings (SSSR count). The summed E-state index contributed by atoms with van der Waals surface area (Å²) in [6.07, 6.45) is 0. The standard InChI is InChI=1S/C16H12ClN3O5/c1-9-2-4-11(20(23)24)7-12(9)18-15(21)8-19-13-5-3-10(17)6-14(13)25-16(19)22/h2-7H,8H2,1H3,(H,18,21). The Morgan fingerprint density at radius 2 is 2.08 bits per heavy atom. The van der Waals surface area contributed by atoms with Crippen LogP contribution in [-0.2, 0) is 11.3 Å². The molecule has 2 aromatic carbocycles. The minimum absolute atomic E-state index is 0.138. The topological polar surface area (TPSA) is 107 Å². The van der Waals surface area contributed by atoms with Gasteiger partial charge >= 0.3 is 5.76 Å². The molecule has 1 aromatic heterocycles. The van der Waals surface area contributed by atoms with Crippen LogP contribution >= 0.6 is 11.6 Å². The number of nitrogens with zero attached hydrogens (tertiary/aromatic N) is 2. The number of aromatic nitrogens is 1. The van der Waals surface area contributed by atoms with Crippen LogP contribution in [0.25, 0.3) is 11.1 Å². The number of fused-ring (bicyclic) bond motifs is 1. The predicted molar refractivity (Wildman–Crippen MR) is 91.9 cm³/mol. The van der Waals surface area contributed by atoms with Crippen molar-refractivity contribution in [2.75, 3.05) is 5.32 Å². The molecule has 1 amide bonds. The zero-order valence-electron chi connectivity index (χ0n) is 13.0. The summed E-state index contributed by atoms with van der Waals surface area (Å²) in [5.74, 6) is -1.20. The molecular formula is C16H12ClN3O5. The molecule has 3 aromatic rings. The van der Waals surface area contributed by atoms with Crippen molar-refractivity contribution < 1.29 is 14.1 Å². The van der Waals surface area contributed by atoms with Crippen molar-refractivity contribution in [1.29, 1.82) is 0 Å². The van der Waals surface area contributed by atoms with E-state index in [2.05, 4.69) is 5.32 Å². The SMILES string of the molecule is Cc1ccc([N+](=O)[O-])cc1NC(=O)Cn1c(=O)oc2cc(Cl)ccc21. The molecule has 0 aliphatic rings. The molecule has 0 radical (unpaired) electrons. The van der Waals surface area contributed by atoms with Gasteiger partial charge in [-0.1, -0.05) is 17.7 Å². The largest absolute Gasteiger partial charge is 0.420 e. The Balaban J connectivity index is 1.87. The zero-order valence-corrected chi connectivity index (χ0v) is 13.7. The molecule has 0 saturated carbocycles. The van der Waals surface area contributed by atoms with Crippen molar-refractivity contribution in [1.82, 2.24) is 4.57 Å². The van der Waals surface area contributed by atoms with E-state index in [0.29, 0.717) is 21.8 Å². The fourth-order valence-corrected chi connectivity index (χ4v) is 2.54. The smallest absolute Gasteiger partial charge is 0.408 e. The number of nitro benzene ring substituents is 1. The first-order valence-electron chi connectivity index (χ1n) is 7.19. The van der Waals surface area contributed by atoms with Crippen LogP contribution in [0.3, 0.4) is 0 Å². The molecule has 128 valence electrons. The van der Waals surface area contributed by atoms with E-state index in [0.717, 1.165) is 4.57 Å². The summed E-state index contributed by atoms with van der Waals surface area (Å²) in [6.45, 7) is 1.41. The zero-order chi connectivity index (χ0) is 18.1. The van der Waals surface area contributed by atoms with Crippen LogP contribution in [0.2, 0.25) is 5.02 Å². The van der Waals surface area contributed by atoms with Crippen LogP contribution in [0.15, 0.2) is 45.6 Å². The summed E-state index contributed by atoms with van der Waals surface area (Å²) in [5.41, 5.74) is 1.54. The lowest BCUT2D eigenvalue weighted by molar-refractivity contribution is -0.384. The van der Waals surface area contributed by atoms with Crippen molar-refractivity contribution >= 4 is 40.0 Å². The number of non-ortho nitro benzene ring substituents is 1. The Labute approximate surface area is 145 Å². The normalized spacial score (nSPS) is 10.8. The number of benzene rings is 2. The van der Waals surface area contributed by atoms with E-state index in [1.165, 1.54) is 24.3 Å². The lowest BCUT2D eigenvalue weighted by atomic mass is 10.2. The second kappa shape index (κ2) is 6.40. The Bertz CT molecular complexity index is 1050. The second-order valence-corrected chi connectivity index (χ2v) is 5.81. The third-order valence-electron chi connectivity index (χ3n) is 3.64. The first-order valence-corrected chi connectivity index (χ1v) is 7.57. The molecule has 0 spiro atoms. The molecule has 8 nitrogen and oxygen atoms in total. The van der Waals surface area contributed by atoms with Crippen molar-refractivity contribution in [3.8, 4) is 0 Å². The number of carbonyl (C=O) groups is 1. The summed E-state index contributed by atoms with van der Waals surface area (Å²) in [7, 11) is 0. The van der Waals surface area contributed by atoms with Crippen LogP contribution in [0.4, 0.5) is 11.4 Å². The molecule has 1 heterocycles. The molecule has 0 bridgehead atoms. The van der Waals surface area contributed by atoms with Gasteiger partial charge in [0.15, 0.2) is 5.58 Å². The number of amides is 1. The summed E-state index contributed by atoms with van der Waals surface area (Å²) in [5, 5.41) is 13.8. The average molecular weight is 362 g/mol. The molecule has 0 unspecified atom stereocenters. The molecule has 1 N–H and O–H groups in total. The molecular weight excluding hydrogens is 350 g/mol. The van der Waals surface area contributed by atoms with Crippen LogP contribution in [0.5, 0.6) is 0 Å². The summed E-state index contributed by atoms with van der Waals surface area (Å²) < 4.78 is 6.22. The molecule has 25 heavy (non-hydrogen) atoms. The van der Waals surface area contributed by atoms with Gasteiger partial charge < -0.3 is 9.73 Å². The van der Waals surface area contributed by atoms with E-state index < -0.39 is 16.6 Å². The Morgan fingerprint density at radius 1 is 1.32 bits per heavy atom. The lowest BCUT2D eigenvalue weighted by Gasteiger charge is -2.08.